The van der Waals surface area contributed by atoms with Crippen molar-refractivity contribution >= 4 is 36.5 Å². The van der Waals surface area contributed by atoms with Gasteiger partial charge in [-0.1, -0.05) is 50.6 Å². The summed E-state index contributed by atoms with van der Waals surface area (Å²) in [6.45, 7) is 0.684. The molecule has 0 spiro atoms. The van der Waals surface area contributed by atoms with Crippen molar-refractivity contribution in [2.75, 3.05) is 7.11 Å². The Morgan fingerprint density at radius 1 is 1.15 bits per heavy atom. The van der Waals surface area contributed by atoms with Crippen LogP contribution in [0.3, 0.4) is 0 Å². The molecule has 2 aromatic rings. The molecule has 0 aliphatic carbocycles. The molecule has 1 aromatic carbocycles. The number of carbonyl (C=O) groups excluding carboxylic acids is 4. The highest BCUT2D eigenvalue weighted by Crippen LogP contribution is 2.41. The zero-order valence-electron chi connectivity index (χ0n) is 22.4. The van der Waals surface area contributed by atoms with Gasteiger partial charge in [-0.2, -0.15) is 0 Å². The molecule has 3 N–H and O–H groups in total. The highest BCUT2D eigenvalue weighted by atomic mass is 16.8. The smallest absolute Gasteiger partial charge is 0.594 e. The van der Waals surface area contributed by atoms with Gasteiger partial charge in [0.15, 0.2) is 0 Å². The lowest BCUT2D eigenvalue weighted by atomic mass is 9.64. The Morgan fingerprint density at radius 2 is 1.90 bits per heavy atom. The second-order valence-electron chi connectivity index (χ2n) is 10.2. The maximum atomic E-state index is 13.7. The summed E-state index contributed by atoms with van der Waals surface area (Å²) >= 11 is 0. The quantitative estimate of drug-likeness (QED) is 0.221. The number of hydrogen-bond donors (Lipinski definition) is 2. The van der Waals surface area contributed by atoms with Crippen LogP contribution in [0.2, 0.25) is 0 Å². The molecule has 2 amide bonds. The van der Waals surface area contributed by atoms with Gasteiger partial charge in [0.1, 0.15) is 11.7 Å². The third-order valence-electron chi connectivity index (χ3n) is 6.73. The van der Waals surface area contributed by atoms with Gasteiger partial charge in [-0.15, -0.1) is 0 Å². The summed E-state index contributed by atoms with van der Waals surface area (Å²) in [7, 11) is 1.15. The zero-order chi connectivity index (χ0) is 28.9. The predicted octanol–water partition coefficient (Wildman–Crippen LogP) is 0.160. The fourth-order valence-electron chi connectivity index (χ4n) is 4.89. The number of aliphatic carboxylic acids is 1. The van der Waals surface area contributed by atoms with Gasteiger partial charge in [0.2, 0.25) is 11.5 Å². The molecular formula is C26H31BN4O9. The van der Waals surface area contributed by atoms with E-state index in [9.17, 15) is 24.0 Å². The van der Waals surface area contributed by atoms with Crippen LogP contribution in [0.4, 0.5) is 0 Å². The van der Waals surface area contributed by atoms with Gasteiger partial charge in [0, 0.05) is 29.6 Å². The number of ether oxygens (including phenoxy) is 1. The minimum atomic E-state index is -3.05. The van der Waals surface area contributed by atoms with Crippen molar-refractivity contribution in [1.29, 1.82) is 0 Å². The average molecular weight is 554 g/mol. The summed E-state index contributed by atoms with van der Waals surface area (Å²) < 4.78 is 20.3. The molecule has 14 heteroatoms. The van der Waals surface area contributed by atoms with Crippen LogP contribution in [0.15, 0.2) is 48.9 Å². The number of esters is 1. The first-order chi connectivity index (χ1) is 19.1. The first kappa shape index (κ1) is 28.7. The van der Waals surface area contributed by atoms with Crippen molar-refractivity contribution in [3.8, 4) is 0 Å². The predicted molar refractivity (Wildman–Crippen MR) is 139 cm³/mol. The summed E-state index contributed by atoms with van der Waals surface area (Å²) in [5.74, 6) is -4.75. The number of aromatic nitrogens is 2. The third-order valence-corrected chi connectivity index (χ3v) is 6.73. The lowest BCUT2D eigenvalue weighted by Gasteiger charge is -2.43. The minimum Gasteiger partial charge on any atom is -0.715 e. The summed E-state index contributed by atoms with van der Waals surface area (Å²) in [5, 5.41) is 5.50. The number of amides is 2. The van der Waals surface area contributed by atoms with Crippen molar-refractivity contribution in [1.82, 2.24) is 20.6 Å². The van der Waals surface area contributed by atoms with Crippen LogP contribution in [0.25, 0.3) is 0 Å². The lowest BCUT2D eigenvalue weighted by Crippen LogP contribution is -2.67. The number of nitrogens with one attached hydrogen (secondary N) is 2. The Balaban J connectivity index is 1.62. The molecule has 1 unspecified atom stereocenters. The van der Waals surface area contributed by atoms with Crippen LogP contribution in [-0.4, -0.2) is 75.8 Å². The molecule has 2 aliphatic rings. The van der Waals surface area contributed by atoms with E-state index >= 15 is 0 Å². The van der Waals surface area contributed by atoms with E-state index in [1.807, 2.05) is 19.9 Å². The van der Waals surface area contributed by atoms with E-state index in [2.05, 4.69) is 30.0 Å². The van der Waals surface area contributed by atoms with Gasteiger partial charge in [0.25, 0.3) is 11.9 Å². The van der Waals surface area contributed by atoms with E-state index in [0.29, 0.717) is 0 Å². The fraction of sp³-hybridized carbons (Fsp3) is 0.423. The Morgan fingerprint density at radius 3 is 2.55 bits per heavy atom. The van der Waals surface area contributed by atoms with Gasteiger partial charge in [-0.25, -0.2) is 4.98 Å². The molecule has 2 aliphatic heterocycles. The molecule has 4 atom stereocenters. The number of carboxylic acids is 1. The van der Waals surface area contributed by atoms with Crippen molar-refractivity contribution in [2.24, 2.45) is 5.92 Å². The van der Waals surface area contributed by atoms with Crippen LogP contribution in [0, 0.1) is 5.92 Å². The van der Waals surface area contributed by atoms with Gasteiger partial charge >= 0.3 is 18.7 Å². The van der Waals surface area contributed by atoms with E-state index in [1.54, 1.807) is 24.3 Å². The Hall–Kier alpha value is -4.33. The monoisotopic (exact) mass is 554 g/mol. The number of rotatable bonds is 11. The van der Waals surface area contributed by atoms with E-state index in [0.717, 1.165) is 12.7 Å². The van der Waals surface area contributed by atoms with Crippen molar-refractivity contribution in [3.05, 3.63) is 60.2 Å². The first-order valence-corrected chi connectivity index (χ1v) is 12.9. The third kappa shape index (κ3) is 6.28. The molecule has 212 valence electrons. The highest BCUT2D eigenvalue weighted by Gasteiger charge is 2.70. The van der Waals surface area contributed by atoms with Gasteiger partial charge in [-0.05, 0) is 11.5 Å². The van der Waals surface area contributed by atoms with Crippen LogP contribution in [0.5, 0.6) is 0 Å². The zero-order valence-corrected chi connectivity index (χ0v) is 22.4. The minimum absolute atomic E-state index is 0.0171. The van der Waals surface area contributed by atoms with Crippen LogP contribution >= 0.6 is 0 Å². The van der Waals surface area contributed by atoms with Crippen molar-refractivity contribution in [3.63, 3.8) is 0 Å². The number of carbonyl (C=O) groups is 5. The molecule has 0 radical (unpaired) electrons. The maximum absolute atomic E-state index is 13.7. The molecule has 2 fully saturated rings. The number of fused-ring (bicyclic) bond motifs is 2. The fourth-order valence-corrected chi connectivity index (χ4v) is 4.89. The molecular weight excluding hydrogens is 523 g/mol. The highest BCUT2D eigenvalue weighted by molar-refractivity contribution is 6.67. The first-order valence-electron chi connectivity index (χ1n) is 12.9. The molecule has 4 rings (SSSR count). The van der Waals surface area contributed by atoms with Gasteiger partial charge < -0.3 is 29.3 Å². The van der Waals surface area contributed by atoms with Gasteiger partial charge in [-0.3, -0.25) is 24.2 Å². The van der Waals surface area contributed by atoms with Gasteiger partial charge in [0.05, 0.1) is 26.1 Å². The Labute approximate surface area is 230 Å². The number of methoxy groups -OCH3 is 1. The topological polar surface area (TPSA) is 176 Å². The summed E-state index contributed by atoms with van der Waals surface area (Å²) in [6, 6.07) is 7.96. The maximum Gasteiger partial charge on any atom is 0.594 e. The number of hydrogen-bond acceptors (Lipinski definition) is 10. The molecule has 2 bridgehead atoms. The summed E-state index contributed by atoms with van der Waals surface area (Å²) in [4.78, 5) is 72.3. The Bertz CT molecular complexity index is 1280. The van der Waals surface area contributed by atoms with E-state index in [4.69, 9.17) is 9.31 Å². The van der Waals surface area contributed by atoms with Crippen molar-refractivity contribution in [2.45, 2.75) is 57.1 Å². The molecule has 13 nitrogen and oxygen atoms in total. The number of nitrogens with zero attached hydrogens (tertiary/aromatic N) is 2. The van der Waals surface area contributed by atoms with Crippen LogP contribution < -0.4 is 10.6 Å². The van der Waals surface area contributed by atoms with Crippen molar-refractivity contribution < 1.29 is 42.7 Å². The summed E-state index contributed by atoms with van der Waals surface area (Å²) in [5.41, 5.74) is -1.08. The molecule has 0 saturated carbocycles. The molecule has 3 heterocycles. The summed E-state index contributed by atoms with van der Waals surface area (Å²) in [6.07, 6.45) is 3.33. The largest absolute Gasteiger partial charge is 0.715 e. The SMILES string of the molecule is COC(=O)C[C@@]12CC(=O)O[B-]([C@H](CC(C)C)NC(=O)[C@H](Cc3ccccc3)NC(=O)c3cnccn3)(O1)[OH+]C2=O. The van der Waals surface area contributed by atoms with E-state index in [1.165, 1.54) is 18.6 Å². The lowest BCUT2D eigenvalue weighted by molar-refractivity contribution is -0.163. The molecule has 1 aromatic heterocycles. The molecule has 2 saturated heterocycles. The average Bonchev–Trinajstić information content (AvgIpc) is 3.13. The van der Waals surface area contributed by atoms with Crippen LogP contribution in [-0.2, 0) is 39.6 Å². The number of benzene rings is 1. The normalized spacial score (nSPS) is 23.0. The van der Waals surface area contributed by atoms with Crippen LogP contribution in [0.1, 0.15) is 49.2 Å². The van der Waals surface area contributed by atoms with E-state index < -0.39 is 66.9 Å². The second kappa shape index (κ2) is 11.8. The standard InChI is InChI=1S/C26H31BN4O9/c1-16(2)11-20(27-38-22(33)14-26(40-27,25(36)39-27)13-21(32)37-3)31-23(34)18(12-17-7-5-4-6-8-17)30-24(35)19-15-28-9-10-29-19/h4-10,15-16,18,20,39H,11-14H2,1-3H3,(H,30,35)(H,31,34)/t18-,20-,26-,27?/m0/s1. The Kier molecular flexibility index (Phi) is 8.47. The molecule has 40 heavy (non-hydrogen) atoms. The second-order valence-corrected chi connectivity index (χ2v) is 10.2. The van der Waals surface area contributed by atoms with E-state index in [-0.39, 0.29) is 24.5 Å².